The van der Waals surface area contributed by atoms with Gasteiger partial charge in [-0.3, -0.25) is 25.7 Å². The quantitative estimate of drug-likeness (QED) is 0.492. The Morgan fingerprint density at radius 1 is 1.17 bits per heavy atom. The molecule has 0 aliphatic heterocycles. The smallest absolute Gasteiger partial charge is 0.272 e. The molecule has 0 saturated carbocycles. The fourth-order valence-corrected chi connectivity index (χ4v) is 2.38. The molecule has 0 spiro atoms. The number of nitrogens with zero attached hydrogens (tertiary/aromatic N) is 3. The molecule has 8 heteroatoms. The molecular formula is C16H16N4O4. The zero-order valence-electron chi connectivity index (χ0n) is 13.2. The van der Waals surface area contributed by atoms with Gasteiger partial charge in [-0.15, -0.1) is 0 Å². The van der Waals surface area contributed by atoms with E-state index < -0.39 is 15.5 Å². The lowest BCUT2D eigenvalue weighted by Crippen LogP contribution is -2.00. The van der Waals surface area contributed by atoms with Crippen LogP contribution >= 0.6 is 0 Å². The number of hydrazone groups is 1. The predicted octanol–water partition coefficient (Wildman–Crippen LogP) is 3.82. The lowest BCUT2D eigenvalue weighted by Gasteiger charge is -2.07. The zero-order chi connectivity index (χ0) is 17.7. The monoisotopic (exact) mass is 328 g/mol. The summed E-state index contributed by atoms with van der Waals surface area (Å²) in [6.45, 7) is 4.04. The molecule has 0 atom stereocenters. The van der Waals surface area contributed by atoms with Crippen LogP contribution in [0.3, 0.4) is 0 Å². The van der Waals surface area contributed by atoms with Crippen LogP contribution in [0, 0.1) is 27.2 Å². The summed E-state index contributed by atoms with van der Waals surface area (Å²) in [5.74, 6) is 0. The highest BCUT2D eigenvalue weighted by Crippen LogP contribution is 2.28. The lowest BCUT2D eigenvalue weighted by molar-refractivity contribution is -0.393. The molecule has 0 fully saturated rings. The molecule has 124 valence electrons. The van der Waals surface area contributed by atoms with Crippen molar-refractivity contribution in [2.45, 2.75) is 20.3 Å². The Kier molecular flexibility index (Phi) is 5.20. The molecule has 0 amide bonds. The summed E-state index contributed by atoms with van der Waals surface area (Å²) >= 11 is 0. The number of nitro groups is 2. The summed E-state index contributed by atoms with van der Waals surface area (Å²) in [6, 6.07) is 9.18. The van der Waals surface area contributed by atoms with E-state index in [-0.39, 0.29) is 11.4 Å². The van der Waals surface area contributed by atoms with Crippen molar-refractivity contribution in [3.8, 4) is 0 Å². The third-order valence-electron chi connectivity index (χ3n) is 3.58. The molecule has 0 saturated heterocycles. The van der Waals surface area contributed by atoms with E-state index in [1.165, 1.54) is 12.1 Å². The molecular weight excluding hydrogens is 312 g/mol. The number of nitro benzene ring substituents is 2. The van der Waals surface area contributed by atoms with Gasteiger partial charge >= 0.3 is 5.69 Å². The van der Waals surface area contributed by atoms with Gasteiger partial charge in [0, 0.05) is 6.07 Å². The highest BCUT2D eigenvalue weighted by atomic mass is 16.6. The molecule has 0 radical (unpaired) electrons. The minimum absolute atomic E-state index is 0.0903. The summed E-state index contributed by atoms with van der Waals surface area (Å²) in [6.07, 6.45) is 2.42. The zero-order valence-corrected chi connectivity index (χ0v) is 13.2. The Labute approximate surface area is 138 Å². The fraction of sp³-hybridized carbons (Fsp3) is 0.188. The van der Waals surface area contributed by atoms with E-state index in [0.717, 1.165) is 29.2 Å². The molecule has 0 aliphatic carbocycles. The average Bonchev–Trinajstić information content (AvgIpc) is 2.55. The highest BCUT2D eigenvalue weighted by molar-refractivity contribution is 5.83. The summed E-state index contributed by atoms with van der Waals surface area (Å²) in [7, 11) is 0. The van der Waals surface area contributed by atoms with Gasteiger partial charge < -0.3 is 0 Å². The maximum atomic E-state index is 11.1. The second kappa shape index (κ2) is 7.32. The molecule has 24 heavy (non-hydrogen) atoms. The molecule has 2 aromatic carbocycles. The molecule has 1 N–H and O–H groups in total. The van der Waals surface area contributed by atoms with Gasteiger partial charge in [-0.1, -0.05) is 25.1 Å². The molecule has 2 rings (SSSR count). The normalized spacial score (nSPS) is 10.8. The van der Waals surface area contributed by atoms with Crippen LogP contribution in [0.25, 0.3) is 0 Å². The van der Waals surface area contributed by atoms with Crippen LogP contribution in [-0.2, 0) is 6.42 Å². The van der Waals surface area contributed by atoms with Crippen LogP contribution in [0.5, 0.6) is 0 Å². The van der Waals surface area contributed by atoms with Crippen molar-refractivity contribution in [1.82, 2.24) is 0 Å². The largest absolute Gasteiger partial charge is 0.301 e. The molecule has 0 aliphatic rings. The number of rotatable bonds is 6. The molecule has 0 aromatic heterocycles. The summed E-state index contributed by atoms with van der Waals surface area (Å²) in [5.41, 5.74) is 5.12. The van der Waals surface area contributed by atoms with Crippen molar-refractivity contribution < 1.29 is 9.85 Å². The van der Waals surface area contributed by atoms with Crippen LogP contribution in [-0.4, -0.2) is 16.1 Å². The van der Waals surface area contributed by atoms with Gasteiger partial charge in [-0.2, -0.15) is 5.10 Å². The lowest BCUT2D eigenvalue weighted by atomic mass is 10.0. The van der Waals surface area contributed by atoms with Crippen LogP contribution in [0.2, 0.25) is 0 Å². The second-order valence-corrected chi connectivity index (χ2v) is 5.08. The number of aryl methyl sites for hydroxylation is 1. The van der Waals surface area contributed by atoms with Gasteiger partial charge in [0.05, 0.1) is 22.1 Å². The Hall–Kier alpha value is -3.29. The molecule has 0 unspecified atom stereocenters. The number of nitrogens with one attached hydrogen (secondary N) is 1. The van der Waals surface area contributed by atoms with Gasteiger partial charge in [-0.25, -0.2) is 0 Å². The van der Waals surface area contributed by atoms with Crippen molar-refractivity contribution >= 4 is 23.3 Å². The molecule has 0 heterocycles. The predicted molar refractivity (Wildman–Crippen MR) is 91.5 cm³/mol. The standard InChI is InChI=1S/C16H16N4O4/c1-3-14-11(2)5-4-6-12(14)10-17-18-15-8-7-13(19(21)22)9-16(15)20(23)24/h4-10,18H,3H2,1-2H3/b17-10+. The molecule has 8 nitrogen and oxygen atoms in total. The first-order valence-corrected chi connectivity index (χ1v) is 7.24. The number of hydrogen-bond acceptors (Lipinski definition) is 6. The average molecular weight is 328 g/mol. The maximum Gasteiger partial charge on any atom is 0.301 e. The topological polar surface area (TPSA) is 111 Å². The number of non-ortho nitro benzene ring substituents is 1. The third kappa shape index (κ3) is 3.72. The van der Waals surface area contributed by atoms with E-state index in [0.29, 0.717) is 0 Å². The number of hydrogen-bond donors (Lipinski definition) is 1. The number of benzene rings is 2. The Morgan fingerprint density at radius 3 is 2.54 bits per heavy atom. The molecule has 2 aromatic rings. The van der Waals surface area contributed by atoms with Crippen molar-refractivity contribution in [3.05, 3.63) is 73.3 Å². The van der Waals surface area contributed by atoms with Crippen LogP contribution in [0.4, 0.5) is 17.1 Å². The van der Waals surface area contributed by atoms with E-state index >= 15 is 0 Å². The first kappa shape index (κ1) is 17.1. The van der Waals surface area contributed by atoms with Crippen LogP contribution in [0.15, 0.2) is 41.5 Å². The second-order valence-electron chi connectivity index (χ2n) is 5.08. The molecule has 0 bridgehead atoms. The van der Waals surface area contributed by atoms with Crippen molar-refractivity contribution in [3.63, 3.8) is 0 Å². The van der Waals surface area contributed by atoms with E-state index in [4.69, 9.17) is 0 Å². The summed E-state index contributed by atoms with van der Waals surface area (Å²) in [5, 5.41) is 25.8. The third-order valence-corrected chi connectivity index (χ3v) is 3.58. The van der Waals surface area contributed by atoms with E-state index in [9.17, 15) is 20.2 Å². The van der Waals surface area contributed by atoms with E-state index in [1.807, 2.05) is 32.0 Å². The first-order valence-electron chi connectivity index (χ1n) is 7.24. The van der Waals surface area contributed by atoms with Crippen molar-refractivity contribution in [2.75, 3.05) is 5.43 Å². The maximum absolute atomic E-state index is 11.1. The first-order chi connectivity index (χ1) is 11.4. The minimum atomic E-state index is -0.686. The Balaban J connectivity index is 2.28. The van der Waals surface area contributed by atoms with Crippen molar-refractivity contribution in [1.29, 1.82) is 0 Å². The van der Waals surface area contributed by atoms with Crippen molar-refractivity contribution in [2.24, 2.45) is 5.10 Å². The van der Waals surface area contributed by atoms with Gasteiger partial charge in [-0.05, 0) is 36.1 Å². The van der Waals surface area contributed by atoms with E-state index in [2.05, 4.69) is 10.5 Å². The Bertz CT molecular complexity index is 818. The van der Waals surface area contributed by atoms with Crippen LogP contribution in [0.1, 0.15) is 23.6 Å². The Morgan fingerprint density at radius 2 is 1.92 bits per heavy atom. The number of anilines is 1. The van der Waals surface area contributed by atoms with Crippen LogP contribution < -0.4 is 5.43 Å². The van der Waals surface area contributed by atoms with E-state index in [1.54, 1.807) is 6.21 Å². The minimum Gasteiger partial charge on any atom is -0.272 e. The SMILES string of the molecule is CCc1c(C)cccc1/C=N/Nc1ccc([N+](=O)[O-])cc1[N+](=O)[O-]. The van der Waals surface area contributed by atoms with Gasteiger partial charge in [0.15, 0.2) is 0 Å². The summed E-state index contributed by atoms with van der Waals surface area (Å²) < 4.78 is 0. The highest BCUT2D eigenvalue weighted by Gasteiger charge is 2.19. The van der Waals surface area contributed by atoms with Gasteiger partial charge in [0.25, 0.3) is 5.69 Å². The van der Waals surface area contributed by atoms with Gasteiger partial charge in [0.2, 0.25) is 0 Å². The summed E-state index contributed by atoms with van der Waals surface area (Å²) in [4.78, 5) is 20.4. The van der Waals surface area contributed by atoms with Gasteiger partial charge in [0.1, 0.15) is 5.69 Å². The fourth-order valence-electron chi connectivity index (χ4n) is 2.38.